The van der Waals surface area contributed by atoms with Crippen molar-refractivity contribution in [3.8, 4) is 0 Å². The Hall–Kier alpha value is -2.52. The fourth-order valence-corrected chi connectivity index (χ4v) is 4.66. The second-order valence-electron chi connectivity index (χ2n) is 10.9. The summed E-state index contributed by atoms with van der Waals surface area (Å²) in [6, 6.07) is 0. The van der Waals surface area contributed by atoms with Crippen LogP contribution in [0.2, 0.25) is 0 Å². The van der Waals surface area contributed by atoms with Gasteiger partial charge in [0, 0.05) is 17.1 Å². The number of hydrogen-bond donors (Lipinski definition) is 2. The minimum atomic E-state index is -1.69. The van der Waals surface area contributed by atoms with E-state index in [-0.39, 0.29) is 30.3 Å². The zero-order valence-electron chi connectivity index (χ0n) is 26.1. The van der Waals surface area contributed by atoms with E-state index in [2.05, 4.69) is 23.8 Å². The predicted molar refractivity (Wildman–Crippen MR) is 160 cm³/mol. The van der Waals surface area contributed by atoms with Crippen molar-refractivity contribution in [3.05, 3.63) is 22.8 Å². The molecule has 2 N–H and O–H groups in total. The van der Waals surface area contributed by atoms with Gasteiger partial charge in [0.1, 0.15) is 0 Å². The first-order valence-electron chi connectivity index (χ1n) is 16.1. The number of carboxylic acid groups (broad SMARTS) is 2. The van der Waals surface area contributed by atoms with E-state index in [1.54, 1.807) is 0 Å². The Kier molecular flexibility index (Phi) is 24.4. The molecule has 0 atom stereocenters. The summed E-state index contributed by atoms with van der Waals surface area (Å²) in [6.45, 7) is 4.52. The molecule has 11 heteroatoms. The third-order valence-corrected chi connectivity index (χ3v) is 7.15. The summed E-state index contributed by atoms with van der Waals surface area (Å²) in [4.78, 5) is 56.1. The van der Waals surface area contributed by atoms with E-state index in [4.69, 9.17) is 9.47 Å². The monoisotopic (exact) mass is 648 g/mol. The van der Waals surface area contributed by atoms with Crippen LogP contribution >= 0.6 is 0 Å². The van der Waals surface area contributed by atoms with Crippen LogP contribution in [0.4, 0.5) is 0 Å². The Morgan fingerprint density at radius 2 is 0.721 bits per heavy atom. The molecule has 0 fully saturated rings. The van der Waals surface area contributed by atoms with Gasteiger partial charge in [0.15, 0.2) is 22.8 Å². The first-order chi connectivity index (χ1) is 20.3. The summed E-state index contributed by atoms with van der Waals surface area (Å²) in [5, 5.41) is 18.8. The number of carbonyl (C=O) groups excluding carboxylic acids is 2. The van der Waals surface area contributed by atoms with Crippen molar-refractivity contribution < 1.29 is 55.9 Å². The van der Waals surface area contributed by atoms with Gasteiger partial charge < -0.3 is 19.7 Å². The van der Waals surface area contributed by atoms with Gasteiger partial charge in [-0.3, -0.25) is 0 Å². The summed E-state index contributed by atoms with van der Waals surface area (Å²) >= 11 is 0. The summed E-state index contributed by atoms with van der Waals surface area (Å²) in [5.41, 5.74) is -3.20. The van der Waals surface area contributed by atoms with Crippen LogP contribution in [0.1, 0.15) is 184 Å². The molecule has 0 unspecified atom stereocenters. The van der Waals surface area contributed by atoms with Crippen molar-refractivity contribution in [3.63, 3.8) is 0 Å². The number of unbranched alkanes of at least 4 members (excludes halogenated alkanes) is 18. The molecule has 0 aliphatic rings. The normalized spacial score (nSPS) is 10.7. The minimum Gasteiger partial charge on any atom is -0.476 e. The number of nitrogens with zero attached hydrogens (tertiary/aromatic N) is 2. The topological polar surface area (TPSA) is 153 Å². The van der Waals surface area contributed by atoms with Gasteiger partial charge >= 0.3 is 23.9 Å². The molecule has 0 aromatic carbocycles. The maximum atomic E-state index is 12.8. The van der Waals surface area contributed by atoms with Crippen molar-refractivity contribution in [2.24, 2.45) is 0 Å². The fraction of sp³-hybridized carbons (Fsp3) is 0.750. The SMILES string of the molecule is CCCCCCCCCCCCOC(=O)c1nc(C(=O)O)c(C(=O)O)nc1C(=O)OCCCCCCCCCCCC.[Fe]. The van der Waals surface area contributed by atoms with Crippen molar-refractivity contribution in [2.75, 3.05) is 13.2 Å². The number of ether oxygens (including phenoxy) is 2. The zero-order valence-corrected chi connectivity index (χ0v) is 27.3. The molecule has 1 rings (SSSR count). The average Bonchev–Trinajstić information content (AvgIpc) is 2.97. The van der Waals surface area contributed by atoms with Gasteiger partial charge in [-0.1, -0.05) is 129 Å². The van der Waals surface area contributed by atoms with Crippen molar-refractivity contribution in [1.82, 2.24) is 9.97 Å². The van der Waals surface area contributed by atoms with Crippen LogP contribution in [-0.4, -0.2) is 57.3 Å². The van der Waals surface area contributed by atoms with Crippen LogP contribution in [0.25, 0.3) is 0 Å². The Labute approximate surface area is 267 Å². The number of esters is 2. The molecule has 0 amide bonds. The molecule has 10 nitrogen and oxygen atoms in total. The molecule has 0 bridgehead atoms. The summed E-state index contributed by atoms with van der Waals surface area (Å²) in [5.74, 6) is -5.45. The Morgan fingerprint density at radius 3 is 0.977 bits per heavy atom. The number of carbonyl (C=O) groups is 4. The number of carboxylic acids is 2. The minimum absolute atomic E-state index is 0. The van der Waals surface area contributed by atoms with Crippen molar-refractivity contribution >= 4 is 23.9 Å². The summed E-state index contributed by atoms with van der Waals surface area (Å²) in [7, 11) is 0. The standard InChI is InChI=1S/C32H52N2O8.Fe/c1-3-5-7-9-11-13-15-17-19-21-23-41-31(39)27-28(34-26(30(37)38)25(33-27)29(35)36)32(40)42-24-22-20-18-16-14-12-10-8-6-4-2;/h3-24H2,1-2H3,(H,35,36)(H,37,38);. The zero-order chi connectivity index (χ0) is 31.0. The molecule has 1 aromatic rings. The molecular formula is C32H52FeN2O8. The van der Waals surface area contributed by atoms with Crippen LogP contribution in [0.5, 0.6) is 0 Å². The van der Waals surface area contributed by atoms with Crippen LogP contribution in [-0.2, 0) is 26.5 Å². The molecule has 1 aromatic heterocycles. The largest absolute Gasteiger partial charge is 0.476 e. The molecule has 0 saturated carbocycles. The van der Waals surface area contributed by atoms with Gasteiger partial charge in [-0.05, 0) is 12.8 Å². The van der Waals surface area contributed by atoms with Crippen LogP contribution in [0, 0.1) is 0 Å². The van der Waals surface area contributed by atoms with E-state index in [1.807, 2.05) is 0 Å². The van der Waals surface area contributed by atoms with Crippen molar-refractivity contribution in [1.29, 1.82) is 0 Å². The van der Waals surface area contributed by atoms with Crippen LogP contribution < -0.4 is 0 Å². The molecule has 246 valence electrons. The molecular weight excluding hydrogens is 596 g/mol. The van der Waals surface area contributed by atoms with Gasteiger partial charge in [-0.2, -0.15) is 0 Å². The first-order valence-corrected chi connectivity index (χ1v) is 16.1. The van der Waals surface area contributed by atoms with E-state index in [0.29, 0.717) is 12.8 Å². The third-order valence-electron chi connectivity index (χ3n) is 7.15. The first kappa shape index (κ1) is 40.5. The summed E-state index contributed by atoms with van der Waals surface area (Å²) < 4.78 is 10.5. The third kappa shape index (κ3) is 18.0. The Balaban J connectivity index is 0.0000176. The predicted octanol–water partition coefficient (Wildman–Crippen LogP) is 8.03. The average molecular weight is 649 g/mol. The van der Waals surface area contributed by atoms with E-state index in [9.17, 15) is 29.4 Å². The second kappa shape index (κ2) is 25.9. The fourth-order valence-electron chi connectivity index (χ4n) is 4.66. The number of aromatic carboxylic acids is 2. The molecule has 0 spiro atoms. The Bertz CT molecular complexity index is 883. The van der Waals surface area contributed by atoms with Crippen molar-refractivity contribution in [2.45, 2.75) is 142 Å². The maximum Gasteiger partial charge on any atom is 0.359 e. The number of aromatic nitrogens is 2. The van der Waals surface area contributed by atoms with Crippen LogP contribution in [0.3, 0.4) is 0 Å². The van der Waals surface area contributed by atoms with E-state index < -0.39 is 46.7 Å². The summed E-state index contributed by atoms with van der Waals surface area (Å²) in [6.07, 6.45) is 22.1. The van der Waals surface area contributed by atoms with Gasteiger partial charge in [0.2, 0.25) is 0 Å². The second-order valence-corrected chi connectivity index (χ2v) is 10.9. The van der Waals surface area contributed by atoms with Gasteiger partial charge in [-0.15, -0.1) is 0 Å². The molecule has 0 aliphatic carbocycles. The smallest absolute Gasteiger partial charge is 0.359 e. The molecule has 1 heterocycles. The van der Waals surface area contributed by atoms with Crippen LogP contribution in [0.15, 0.2) is 0 Å². The van der Waals surface area contributed by atoms with Gasteiger partial charge in [-0.25, -0.2) is 29.1 Å². The number of hydrogen-bond acceptors (Lipinski definition) is 8. The van der Waals surface area contributed by atoms with Gasteiger partial charge in [0.05, 0.1) is 13.2 Å². The maximum absolute atomic E-state index is 12.8. The Morgan fingerprint density at radius 1 is 0.465 bits per heavy atom. The van der Waals surface area contributed by atoms with Gasteiger partial charge in [0.25, 0.3) is 0 Å². The molecule has 0 aliphatic heterocycles. The molecule has 0 radical (unpaired) electrons. The molecule has 0 saturated heterocycles. The van der Waals surface area contributed by atoms with E-state index in [1.165, 1.54) is 77.0 Å². The molecule has 43 heavy (non-hydrogen) atoms. The quantitative estimate of drug-likeness (QED) is 0.0573. The van der Waals surface area contributed by atoms with E-state index >= 15 is 0 Å². The van der Waals surface area contributed by atoms with E-state index in [0.717, 1.165) is 38.5 Å². The number of rotatable bonds is 26.